The van der Waals surface area contributed by atoms with Gasteiger partial charge in [0.15, 0.2) is 6.10 Å². The van der Waals surface area contributed by atoms with Crippen molar-refractivity contribution in [2.45, 2.75) is 12.5 Å². The van der Waals surface area contributed by atoms with Gasteiger partial charge in [0.2, 0.25) is 0 Å². The second-order valence-electron chi connectivity index (χ2n) is 5.28. The molecule has 3 aromatic rings. The molecule has 2 aromatic carbocycles. The molecule has 110 valence electrons. The van der Waals surface area contributed by atoms with E-state index in [1.165, 1.54) is 6.07 Å². The van der Waals surface area contributed by atoms with Crippen LogP contribution in [0.2, 0.25) is 0 Å². The van der Waals surface area contributed by atoms with Crippen LogP contribution < -0.4 is 4.74 Å². The molecule has 2 heterocycles. The third-order valence-corrected chi connectivity index (χ3v) is 4.00. The van der Waals surface area contributed by atoms with Gasteiger partial charge in [0, 0.05) is 33.8 Å². The van der Waals surface area contributed by atoms with Crippen molar-refractivity contribution in [2.24, 2.45) is 0 Å². The number of carbonyl (C=O) groups is 2. The Kier molecular flexibility index (Phi) is 2.45. The molecule has 1 aliphatic heterocycles. The number of hydrogen-bond acceptors (Lipinski definition) is 3. The molecule has 4 rings (SSSR count). The Morgan fingerprint density at radius 1 is 1.18 bits per heavy atom. The van der Waals surface area contributed by atoms with E-state index in [2.05, 4.69) is 4.98 Å². The Bertz CT molecular complexity index is 956. The first-order valence-corrected chi connectivity index (χ1v) is 6.75. The Morgan fingerprint density at radius 3 is 2.68 bits per heavy atom. The van der Waals surface area contributed by atoms with Gasteiger partial charge in [-0.3, -0.25) is 0 Å². The summed E-state index contributed by atoms with van der Waals surface area (Å²) in [6.45, 7) is 0. The fraction of sp³-hybridized carbons (Fsp3) is 0.125. The second-order valence-corrected chi connectivity index (χ2v) is 5.28. The molecule has 3 N–H and O–H groups in total. The van der Waals surface area contributed by atoms with Gasteiger partial charge >= 0.3 is 11.9 Å². The van der Waals surface area contributed by atoms with Crippen molar-refractivity contribution in [1.29, 1.82) is 0 Å². The minimum atomic E-state index is -1.14. The summed E-state index contributed by atoms with van der Waals surface area (Å²) < 4.78 is 5.39. The fourth-order valence-corrected chi connectivity index (χ4v) is 3.08. The van der Waals surface area contributed by atoms with Crippen molar-refractivity contribution >= 4 is 33.7 Å². The van der Waals surface area contributed by atoms with Gasteiger partial charge in [-0.2, -0.15) is 0 Å². The standard InChI is InChI=1S/C16H11NO5/c18-15(19)9-5-11-13(7-3-1-2-4-10(7)17-11)8-6-12(16(20)21)22-14(8)9/h1-5,12,17H,6H2,(H,18,19)(H,20,21). The van der Waals surface area contributed by atoms with Crippen LogP contribution in [0.15, 0.2) is 30.3 Å². The molecule has 0 aliphatic carbocycles. The zero-order chi connectivity index (χ0) is 15.4. The van der Waals surface area contributed by atoms with Crippen LogP contribution in [0.5, 0.6) is 5.75 Å². The highest BCUT2D eigenvalue weighted by Crippen LogP contribution is 2.41. The number of rotatable bonds is 2. The molecule has 1 atom stereocenters. The number of carboxylic acids is 2. The minimum Gasteiger partial charge on any atom is -0.478 e. The summed E-state index contributed by atoms with van der Waals surface area (Å²) in [5, 5.41) is 20.3. The fourth-order valence-electron chi connectivity index (χ4n) is 3.08. The van der Waals surface area contributed by atoms with Crippen molar-refractivity contribution in [3.8, 4) is 5.75 Å². The summed E-state index contributed by atoms with van der Waals surface area (Å²) in [5.41, 5.74) is 2.17. The maximum absolute atomic E-state index is 11.5. The number of aliphatic carboxylic acids is 1. The highest BCUT2D eigenvalue weighted by molar-refractivity contribution is 6.12. The number of aromatic carboxylic acids is 1. The number of nitrogens with one attached hydrogen (secondary N) is 1. The molecule has 0 bridgehead atoms. The Hall–Kier alpha value is -3.02. The van der Waals surface area contributed by atoms with Gasteiger partial charge in [-0.15, -0.1) is 0 Å². The van der Waals surface area contributed by atoms with E-state index in [1.807, 2.05) is 24.3 Å². The number of fused-ring (bicyclic) bond motifs is 5. The second kappa shape index (κ2) is 4.24. The van der Waals surface area contributed by atoms with Crippen molar-refractivity contribution in [3.05, 3.63) is 41.5 Å². The monoisotopic (exact) mass is 297 g/mol. The quantitative estimate of drug-likeness (QED) is 0.674. The highest BCUT2D eigenvalue weighted by atomic mass is 16.5. The third kappa shape index (κ3) is 1.60. The Labute approximate surface area is 123 Å². The number of benzene rings is 2. The summed E-state index contributed by atoms with van der Waals surface area (Å²) in [7, 11) is 0. The number of aromatic nitrogens is 1. The maximum atomic E-state index is 11.5. The molecule has 1 aliphatic rings. The van der Waals surface area contributed by atoms with E-state index < -0.39 is 18.0 Å². The maximum Gasteiger partial charge on any atom is 0.345 e. The largest absolute Gasteiger partial charge is 0.478 e. The van der Waals surface area contributed by atoms with Crippen LogP contribution in [0.3, 0.4) is 0 Å². The van der Waals surface area contributed by atoms with Gasteiger partial charge in [-0.1, -0.05) is 18.2 Å². The van der Waals surface area contributed by atoms with Crippen LogP contribution in [0.25, 0.3) is 21.8 Å². The number of hydrogen-bond donors (Lipinski definition) is 3. The highest BCUT2D eigenvalue weighted by Gasteiger charge is 2.34. The van der Waals surface area contributed by atoms with Crippen LogP contribution in [0.1, 0.15) is 15.9 Å². The zero-order valence-corrected chi connectivity index (χ0v) is 11.3. The minimum absolute atomic E-state index is 0.0159. The van der Waals surface area contributed by atoms with Crippen LogP contribution >= 0.6 is 0 Å². The molecule has 0 fully saturated rings. The van der Waals surface area contributed by atoms with E-state index in [0.29, 0.717) is 11.1 Å². The lowest BCUT2D eigenvalue weighted by Crippen LogP contribution is -2.24. The SMILES string of the molecule is O=C(O)c1cc2[nH]c3ccccc3c2c2c1OC(C(=O)O)C2. The predicted octanol–water partition coefficient (Wildman–Crippen LogP) is 2.41. The molecule has 0 amide bonds. The lowest BCUT2D eigenvalue weighted by atomic mass is 9.99. The van der Waals surface area contributed by atoms with Gasteiger partial charge in [-0.25, -0.2) is 9.59 Å². The molecule has 0 radical (unpaired) electrons. The van der Waals surface area contributed by atoms with Crippen LogP contribution in [-0.2, 0) is 11.2 Å². The van der Waals surface area contributed by atoms with Gasteiger partial charge in [0.1, 0.15) is 11.3 Å². The first-order chi connectivity index (χ1) is 10.6. The molecule has 0 saturated heterocycles. The average Bonchev–Trinajstić information content (AvgIpc) is 3.06. The van der Waals surface area contributed by atoms with Gasteiger partial charge in [0.25, 0.3) is 0 Å². The first-order valence-electron chi connectivity index (χ1n) is 6.75. The zero-order valence-electron chi connectivity index (χ0n) is 11.3. The number of H-pyrrole nitrogens is 1. The molecule has 6 nitrogen and oxygen atoms in total. The van der Waals surface area contributed by atoms with Crippen LogP contribution in [0.4, 0.5) is 0 Å². The van der Waals surface area contributed by atoms with E-state index in [9.17, 15) is 19.8 Å². The number of para-hydroxylation sites is 1. The van der Waals surface area contributed by atoms with E-state index in [-0.39, 0.29) is 17.7 Å². The molecule has 22 heavy (non-hydrogen) atoms. The number of ether oxygens (including phenoxy) is 1. The first kappa shape index (κ1) is 12.7. The summed E-state index contributed by atoms with van der Waals surface area (Å²) in [6.07, 6.45) is -0.892. The predicted molar refractivity (Wildman–Crippen MR) is 78.5 cm³/mol. The van der Waals surface area contributed by atoms with E-state index >= 15 is 0 Å². The lowest BCUT2D eigenvalue weighted by Gasteiger charge is -2.07. The van der Waals surface area contributed by atoms with E-state index in [4.69, 9.17) is 4.74 Å². The molecular formula is C16H11NO5. The molecule has 6 heteroatoms. The number of carboxylic acid groups (broad SMARTS) is 2. The van der Waals surface area contributed by atoms with Crippen molar-refractivity contribution < 1.29 is 24.5 Å². The summed E-state index contributed by atoms with van der Waals surface area (Å²) in [5.74, 6) is -2.07. The summed E-state index contributed by atoms with van der Waals surface area (Å²) in [6, 6.07) is 9.08. The van der Waals surface area contributed by atoms with Crippen LogP contribution in [-0.4, -0.2) is 33.2 Å². The van der Waals surface area contributed by atoms with Crippen LogP contribution in [0, 0.1) is 0 Å². The lowest BCUT2D eigenvalue weighted by molar-refractivity contribution is -0.144. The number of aromatic amines is 1. The van der Waals surface area contributed by atoms with E-state index in [1.54, 1.807) is 0 Å². The smallest absolute Gasteiger partial charge is 0.345 e. The third-order valence-electron chi connectivity index (χ3n) is 4.00. The molecule has 1 aromatic heterocycles. The molecule has 0 saturated carbocycles. The van der Waals surface area contributed by atoms with Crippen molar-refractivity contribution in [1.82, 2.24) is 4.98 Å². The van der Waals surface area contributed by atoms with Crippen molar-refractivity contribution in [3.63, 3.8) is 0 Å². The van der Waals surface area contributed by atoms with E-state index in [0.717, 1.165) is 16.3 Å². The van der Waals surface area contributed by atoms with Gasteiger partial charge in [0.05, 0.1) is 0 Å². The molecular weight excluding hydrogens is 286 g/mol. The Morgan fingerprint density at radius 2 is 1.95 bits per heavy atom. The Balaban J connectivity index is 2.10. The van der Waals surface area contributed by atoms with Gasteiger partial charge < -0.3 is 19.9 Å². The van der Waals surface area contributed by atoms with Gasteiger partial charge in [-0.05, 0) is 12.1 Å². The topological polar surface area (TPSA) is 99.6 Å². The average molecular weight is 297 g/mol. The molecule has 1 unspecified atom stereocenters. The molecule has 0 spiro atoms. The normalized spacial score (nSPS) is 16.6. The summed E-state index contributed by atoms with van der Waals surface area (Å²) in [4.78, 5) is 25.8. The summed E-state index contributed by atoms with van der Waals surface area (Å²) >= 11 is 0. The van der Waals surface area contributed by atoms with Crippen molar-refractivity contribution in [2.75, 3.05) is 0 Å².